The van der Waals surface area contributed by atoms with Crippen LogP contribution in [0.25, 0.3) is 10.1 Å². The number of thiophene rings is 1. The maximum absolute atomic E-state index is 12.6. The SMILES string of the molecule is C=CCc1c(SC(=O)CC2CCC2)ccc2scc(CCNC(=O)c3ccccc3)c12. The van der Waals surface area contributed by atoms with Crippen molar-refractivity contribution in [3.05, 3.63) is 77.2 Å². The summed E-state index contributed by atoms with van der Waals surface area (Å²) < 4.78 is 1.22. The first-order valence-corrected chi connectivity index (χ1v) is 12.5. The highest BCUT2D eigenvalue weighted by Gasteiger charge is 2.22. The van der Waals surface area contributed by atoms with E-state index in [2.05, 4.69) is 29.4 Å². The minimum Gasteiger partial charge on any atom is -0.352 e. The van der Waals surface area contributed by atoms with Gasteiger partial charge < -0.3 is 5.32 Å². The fourth-order valence-corrected chi connectivity index (χ4v) is 6.01. The molecule has 1 fully saturated rings. The Morgan fingerprint density at radius 3 is 2.68 bits per heavy atom. The van der Waals surface area contributed by atoms with Gasteiger partial charge in [0.15, 0.2) is 5.12 Å². The summed E-state index contributed by atoms with van der Waals surface area (Å²) in [6, 6.07) is 13.5. The van der Waals surface area contributed by atoms with Crippen molar-refractivity contribution < 1.29 is 9.59 Å². The lowest BCUT2D eigenvalue weighted by atomic mass is 9.83. The van der Waals surface area contributed by atoms with E-state index in [1.54, 1.807) is 11.3 Å². The minimum absolute atomic E-state index is 0.0516. The van der Waals surface area contributed by atoms with Gasteiger partial charge in [-0.05, 0) is 72.4 Å². The van der Waals surface area contributed by atoms with Crippen LogP contribution >= 0.6 is 23.1 Å². The Morgan fingerprint density at radius 2 is 1.97 bits per heavy atom. The molecule has 4 rings (SSSR count). The van der Waals surface area contributed by atoms with Gasteiger partial charge in [-0.3, -0.25) is 9.59 Å². The number of carbonyl (C=O) groups is 2. The number of amides is 1. The Balaban J connectivity index is 1.49. The molecule has 1 aliphatic carbocycles. The monoisotopic (exact) mass is 449 g/mol. The molecule has 1 amide bonds. The lowest BCUT2D eigenvalue weighted by molar-refractivity contribution is -0.112. The molecule has 1 saturated carbocycles. The highest BCUT2D eigenvalue weighted by atomic mass is 32.2. The Morgan fingerprint density at radius 1 is 1.16 bits per heavy atom. The summed E-state index contributed by atoms with van der Waals surface area (Å²) in [7, 11) is 0. The topological polar surface area (TPSA) is 46.2 Å². The van der Waals surface area contributed by atoms with Crippen LogP contribution in [0.1, 0.15) is 47.2 Å². The van der Waals surface area contributed by atoms with Crippen LogP contribution in [0.4, 0.5) is 0 Å². The van der Waals surface area contributed by atoms with E-state index in [0.29, 0.717) is 24.4 Å². The van der Waals surface area contributed by atoms with Crippen molar-refractivity contribution in [1.29, 1.82) is 0 Å². The first kappa shape index (κ1) is 21.8. The fraction of sp³-hybridized carbons (Fsp3) is 0.308. The highest BCUT2D eigenvalue weighted by Crippen LogP contribution is 2.38. The standard InChI is InChI=1S/C26H27NO2S2/c1-2-7-21-22(31-24(28)16-18-8-6-9-18)12-13-23-25(21)20(17-30-23)14-15-27-26(29)19-10-4-3-5-11-19/h2-5,10-13,17-18H,1,6-9,14-16H2,(H,27,29). The second-order valence-electron chi connectivity index (χ2n) is 8.02. The maximum atomic E-state index is 12.6. The fourth-order valence-electron chi connectivity index (χ4n) is 3.98. The lowest BCUT2D eigenvalue weighted by Crippen LogP contribution is -2.25. The van der Waals surface area contributed by atoms with Gasteiger partial charge in [0.1, 0.15) is 0 Å². The predicted octanol–water partition coefficient (Wildman–Crippen LogP) is 6.41. The van der Waals surface area contributed by atoms with Gasteiger partial charge in [-0.25, -0.2) is 0 Å². The number of hydrogen-bond acceptors (Lipinski definition) is 4. The molecule has 1 heterocycles. The molecule has 0 unspecified atom stereocenters. The summed E-state index contributed by atoms with van der Waals surface area (Å²) in [5.41, 5.74) is 3.08. The van der Waals surface area contributed by atoms with Gasteiger partial charge in [0.05, 0.1) is 0 Å². The maximum Gasteiger partial charge on any atom is 0.251 e. The normalized spacial score (nSPS) is 13.7. The third kappa shape index (κ3) is 5.28. The van der Waals surface area contributed by atoms with E-state index in [1.165, 1.54) is 52.2 Å². The summed E-state index contributed by atoms with van der Waals surface area (Å²) in [5, 5.41) is 6.69. The molecule has 0 bridgehead atoms. The molecule has 0 saturated heterocycles. The third-order valence-electron chi connectivity index (χ3n) is 5.85. The van der Waals surface area contributed by atoms with Crippen molar-refractivity contribution in [3.63, 3.8) is 0 Å². The zero-order valence-electron chi connectivity index (χ0n) is 17.6. The molecule has 3 nitrogen and oxygen atoms in total. The van der Waals surface area contributed by atoms with Crippen LogP contribution in [0, 0.1) is 5.92 Å². The van der Waals surface area contributed by atoms with Crippen LogP contribution in [0.3, 0.4) is 0 Å². The van der Waals surface area contributed by atoms with Crippen molar-refractivity contribution in [2.24, 2.45) is 5.92 Å². The van der Waals surface area contributed by atoms with Crippen molar-refractivity contribution >= 4 is 44.2 Å². The van der Waals surface area contributed by atoms with E-state index in [1.807, 2.05) is 36.4 Å². The Hall–Kier alpha value is -2.37. The number of nitrogens with one attached hydrogen (secondary N) is 1. The predicted molar refractivity (Wildman–Crippen MR) is 131 cm³/mol. The average molecular weight is 450 g/mol. The zero-order chi connectivity index (χ0) is 21.6. The molecule has 0 radical (unpaired) electrons. The molecular formula is C26H27NO2S2. The Kier molecular flexibility index (Phi) is 7.25. The second-order valence-corrected chi connectivity index (χ2v) is 10.0. The molecule has 1 N–H and O–H groups in total. The molecule has 0 aliphatic heterocycles. The molecule has 5 heteroatoms. The quantitative estimate of drug-likeness (QED) is 0.303. The van der Waals surface area contributed by atoms with E-state index < -0.39 is 0 Å². The smallest absolute Gasteiger partial charge is 0.251 e. The van der Waals surface area contributed by atoms with Crippen molar-refractivity contribution in [2.45, 2.75) is 43.4 Å². The van der Waals surface area contributed by atoms with Gasteiger partial charge in [0.2, 0.25) is 0 Å². The van der Waals surface area contributed by atoms with Crippen LogP contribution in [-0.4, -0.2) is 17.6 Å². The average Bonchev–Trinajstić information content (AvgIpc) is 3.16. The molecular weight excluding hydrogens is 422 g/mol. The second kappa shape index (κ2) is 10.3. The number of thioether (sulfide) groups is 1. The molecule has 1 aliphatic rings. The van der Waals surface area contributed by atoms with Crippen molar-refractivity contribution in [2.75, 3.05) is 6.54 Å². The van der Waals surface area contributed by atoms with Crippen LogP contribution < -0.4 is 5.32 Å². The molecule has 0 spiro atoms. The Bertz CT molecular complexity index is 1080. The molecule has 0 atom stereocenters. The number of fused-ring (bicyclic) bond motifs is 1. The first-order chi connectivity index (χ1) is 15.2. The van der Waals surface area contributed by atoms with Crippen molar-refractivity contribution in [3.8, 4) is 0 Å². The Labute approximate surface area is 191 Å². The van der Waals surface area contributed by atoms with Gasteiger partial charge in [0, 0.05) is 33.5 Å². The number of hydrogen-bond donors (Lipinski definition) is 1. The van der Waals surface area contributed by atoms with E-state index in [0.717, 1.165) is 17.7 Å². The number of allylic oxidation sites excluding steroid dienone is 1. The van der Waals surface area contributed by atoms with Crippen molar-refractivity contribution in [1.82, 2.24) is 5.32 Å². The molecule has 1 aromatic heterocycles. The minimum atomic E-state index is -0.0516. The molecule has 3 aromatic rings. The first-order valence-electron chi connectivity index (χ1n) is 10.8. The summed E-state index contributed by atoms with van der Waals surface area (Å²) >= 11 is 3.11. The van der Waals surface area contributed by atoms with Gasteiger partial charge in [0.25, 0.3) is 5.91 Å². The molecule has 31 heavy (non-hydrogen) atoms. The van der Waals surface area contributed by atoms with E-state index >= 15 is 0 Å². The third-order valence-corrected chi connectivity index (χ3v) is 7.84. The van der Waals surface area contributed by atoms with Crippen LogP contribution in [0.15, 0.2) is 65.4 Å². The molecule has 160 valence electrons. The molecule has 2 aromatic carbocycles. The summed E-state index contributed by atoms with van der Waals surface area (Å²) in [4.78, 5) is 26.0. The number of carbonyl (C=O) groups excluding carboxylic acids is 2. The largest absolute Gasteiger partial charge is 0.352 e. The van der Waals surface area contributed by atoms with Crippen LogP contribution in [0.5, 0.6) is 0 Å². The van der Waals surface area contributed by atoms with E-state index in [9.17, 15) is 9.59 Å². The lowest BCUT2D eigenvalue weighted by Gasteiger charge is -2.24. The van der Waals surface area contributed by atoms with Crippen LogP contribution in [-0.2, 0) is 17.6 Å². The van der Waals surface area contributed by atoms with Gasteiger partial charge in [-0.15, -0.1) is 17.9 Å². The summed E-state index contributed by atoms with van der Waals surface area (Å²) in [5.74, 6) is 0.529. The number of benzene rings is 2. The number of rotatable bonds is 9. The van der Waals surface area contributed by atoms with Crippen LogP contribution in [0.2, 0.25) is 0 Å². The van der Waals surface area contributed by atoms with E-state index in [-0.39, 0.29) is 11.0 Å². The summed E-state index contributed by atoms with van der Waals surface area (Å²) in [6.07, 6.45) is 7.72. The zero-order valence-corrected chi connectivity index (χ0v) is 19.2. The van der Waals surface area contributed by atoms with Gasteiger partial charge in [-0.2, -0.15) is 0 Å². The highest BCUT2D eigenvalue weighted by molar-refractivity contribution is 8.13. The van der Waals surface area contributed by atoms with Gasteiger partial charge >= 0.3 is 0 Å². The van der Waals surface area contributed by atoms with E-state index in [4.69, 9.17) is 0 Å². The van der Waals surface area contributed by atoms with Gasteiger partial charge in [-0.1, -0.05) is 42.5 Å². The summed E-state index contributed by atoms with van der Waals surface area (Å²) in [6.45, 7) is 4.51.